The van der Waals surface area contributed by atoms with E-state index in [0.717, 1.165) is 74.0 Å². The first-order valence-electron chi connectivity index (χ1n) is 15.6. The van der Waals surface area contributed by atoms with E-state index in [1.165, 1.54) is 0 Å². The second kappa shape index (κ2) is 18.4. The Kier molecular flexibility index (Phi) is 15.4. The lowest BCUT2D eigenvalue weighted by Gasteiger charge is -2.26. The van der Waals surface area contributed by atoms with Crippen LogP contribution >= 0.6 is 0 Å². The van der Waals surface area contributed by atoms with E-state index in [-0.39, 0.29) is 42.4 Å². The summed E-state index contributed by atoms with van der Waals surface area (Å²) in [6.45, 7) is 13.9. The lowest BCUT2D eigenvalue weighted by molar-refractivity contribution is -0.150. The Labute approximate surface area is 248 Å². The van der Waals surface area contributed by atoms with Gasteiger partial charge in [0.2, 0.25) is 0 Å². The quantitative estimate of drug-likeness (QED) is 0.118. The number of ether oxygens (including phenoxy) is 4. The minimum Gasteiger partial charge on any atom is -0.490 e. The molecule has 0 saturated heterocycles. The summed E-state index contributed by atoms with van der Waals surface area (Å²) in [5, 5.41) is 0. The van der Waals surface area contributed by atoms with Crippen molar-refractivity contribution in [3.8, 4) is 11.5 Å². The van der Waals surface area contributed by atoms with Crippen molar-refractivity contribution in [2.75, 3.05) is 26.4 Å². The Hall–Kier alpha value is -3.02. The van der Waals surface area contributed by atoms with Crippen LogP contribution in [0.3, 0.4) is 0 Å². The zero-order valence-electron chi connectivity index (χ0n) is 26.2. The average Bonchev–Trinajstić information content (AvgIpc) is 2.98. The second-order valence-electron chi connectivity index (χ2n) is 11.2. The summed E-state index contributed by atoms with van der Waals surface area (Å²) in [5.74, 6) is 1.22. The summed E-state index contributed by atoms with van der Waals surface area (Å²) in [6, 6.07) is 16.1. The number of hydrogen-bond acceptors (Lipinski definition) is 6. The van der Waals surface area contributed by atoms with E-state index in [1.807, 2.05) is 38.1 Å². The van der Waals surface area contributed by atoms with Crippen LogP contribution in [0.2, 0.25) is 0 Å². The van der Waals surface area contributed by atoms with Gasteiger partial charge >= 0.3 is 11.9 Å². The second-order valence-corrected chi connectivity index (χ2v) is 11.2. The van der Waals surface area contributed by atoms with Crippen molar-refractivity contribution in [1.82, 2.24) is 0 Å². The van der Waals surface area contributed by atoms with Crippen LogP contribution < -0.4 is 9.47 Å². The Morgan fingerprint density at radius 3 is 1.29 bits per heavy atom. The molecule has 0 heterocycles. The van der Waals surface area contributed by atoms with Gasteiger partial charge in [-0.25, -0.2) is 0 Å². The molecule has 0 amide bonds. The molecule has 0 aliphatic carbocycles. The molecule has 0 aliphatic heterocycles. The smallest absolute Gasteiger partial charge is 0.309 e. The van der Waals surface area contributed by atoms with Gasteiger partial charge in [0.05, 0.1) is 11.8 Å². The Balaban J connectivity index is 1.80. The van der Waals surface area contributed by atoms with Crippen LogP contribution in [-0.4, -0.2) is 38.4 Å². The van der Waals surface area contributed by atoms with Crippen molar-refractivity contribution >= 4 is 11.9 Å². The van der Waals surface area contributed by atoms with Gasteiger partial charge in [0.25, 0.3) is 0 Å². The predicted molar refractivity (Wildman–Crippen MR) is 165 cm³/mol. The summed E-state index contributed by atoms with van der Waals surface area (Å²) in [6.07, 6.45) is 7.64. The molecule has 2 aromatic carbocycles. The molecular weight excluding hydrogens is 516 g/mol. The van der Waals surface area contributed by atoms with Gasteiger partial charge in [-0.2, -0.15) is 0 Å². The van der Waals surface area contributed by atoms with E-state index in [0.29, 0.717) is 13.2 Å². The highest BCUT2D eigenvalue weighted by molar-refractivity contribution is 5.72. The van der Waals surface area contributed by atoms with Crippen LogP contribution in [0.25, 0.3) is 0 Å². The van der Waals surface area contributed by atoms with Gasteiger partial charge in [0.1, 0.15) is 37.9 Å². The zero-order chi connectivity index (χ0) is 30.1. The average molecular weight is 569 g/mol. The molecule has 0 bridgehead atoms. The first-order valence-corrected chi connectivity index (χ1v) is 15.6. The predicted octanol–water partition coefficient (Wildman–Crippen LogP) is 8.29. The molecule has 2 atom stereocenters. The highest BCUT2D eigenvalue weighted by atomic mass is 16.6. The molecule has 2 rings (SSSR count). The van der Waals surface area contributed by atoms with Gasteiger partial charge in [-0.15, -0.1) is 0 Å². The number of benzene rings is 2. The highest BCUT2D eigenvalue weighted by Gasteiger charge is 2.23. The van der Waals surface area contributed by atoms with Crippen molar-refractivity contribution < 1.29 is 28.5 Å². The van der Waals surface area contributed by atoms with Gasteiger partial charge < -0.3 is 18.9 Å². The first kappa shape index (κ1) is 34.2. The maximum absolute atomic E-state index is 12.3. The molecule has 2 unspecified atom stereocenters. The summed E-state index contributed by atoms with van der Waals surface area (Å²) in [5.41, 5.74) is 2.10. The molecule has 228 valence electrons. The monoisotopic (exact) mass is 568 g/mol. The van der Waals surface area contributed by atoms with Crippen molar-refractivity contribution in [3.05, 3.63) is 59.7 Å². The van der Waals surface area contributed by atoms with Gasteiger partial charge in [-0.05, 0) is 61.1 Å². The van der Waals surface area contributed by atoms with Gasteiger partial charge in [-0.3, -0.25) is 9.59 Å². The van der Waals surface area contributed by atoms with E-state index >= 15 is 0 Å². The van der Waals surface area contributed by atoms with Crippen LogP contribution in [0, 0.1) is 11.8 Å². The SMILES string of the molecule is CCCCC(CC)C(=O)OCCOc1ccc(C(C)(C)c2ccc(OCCOC(=O)C(CC)CCCC)cc2)cc1. The van der Waals surface area contributed by atoms with Crippen molar-refractivity contribution in [1.29, 1.82) is 0 Å². The highest BCUT2D eigenvalue weighted by Crippen LogP contribution is 2.33. The zero-order valence-corrected chi connectivity index (χ0v) is 26.2. The topological polar surface area (TPSA) is 71.1 Å². The number of carbonyl (C=O) groups excluding carboxylic acids is 2. The number of esters is 2. The molecular formula is C35H52O6. The molecule has 0 fully saturated rings. The van der Waals surface area contributed by atoms with Crippen molar-refractivity contribution in [2.45, 2.75) is 98.3 Å². The fraction of sp³-hybridized carbons (Fsp3) is 0.600. The molecule has 6 nitrogen and oxygen atoms in total. The maximum Gasteiger partial charge on any atom is 0.309 e. The molecule has 0 aromatic heterocycles. The molecule has 0 saturated carbocycles. The third kappa shape index (κ3) is 11.4. The standard InChI is InChI=1S/C35H52O6/c1-7-11-13-27(9-3)33(36)40-25-23-38-31-19-15-29(16-20-31)35(5,6)30-17-21-32(22-18-30)39-24-26-41-34(37)28(10-4)14-12-8-2/h15-22,27-28H,7-14,23-26H2,1-6H3. The minimum atomic E-state index is -0.219. The Bertz CT molecular complexity index is 930. The Morgan fingerprint density at radius 2 is 0.976 bits per heavy atom. The third-order valence-corrected chi connectivity index (χ3v) is 7.81. The summed E-state index contributed by atoms with van der Waals surface area (Å²) in [4.78, 5) is 24.5. The molecule has 6 heteroatoms. The molecule has 0 aliphatic rings. The third-order valence-electron chi connectivity index (χ3n) is 7.81. The lowest BCUT2D eigenvalue weighted by atomic mass is 9.78. The molecule has 0 N–H and O–H groups in total. The van der Waals surface area contributed by atoms with Crippen molar-refractivity contribution in [2.24, 2.45) is 11.8 Å². The molecule has 0 radical (unpaired) electrons. The van der Waals surface area contributed by atoms with Crippen LogP contribution in [-0.2, 0) is 24.5 Å². The van der Waals surface area contributed by atoms with Gasteiger partial charge in [-0.1, -0.05) is 91.5 Å². The van der Waals surface area contributed by atoms with Crippen LogP contribution in [0.5, 0.6) is 11.5 Å². The van der Waals surface area contributed by atoms with Gasteiger partial charge in [0.15, 0.2) is 0 Å². The number of rotatable bonds is 20. The summed E-state index contributed by atoms with van der Waals surface area (Å²) < 4.78 is 22.5. The van der Waals surface area contributed by atoms with E-state index in [9.17, 15) is 9.59 Å². The van der Waals surface area contributed by atoms with E-state index in [1.54, 1.807) is 0 Å². The number of hydrogen-bond donors (Lipinski definition) is 0. The van der Waals surface area contributed by atoms with E-state index < -0.39 is 0 Å². The van der Waals surface area contributed by atoms with Crippen molar-refractivity contribution in [3.63, 3.8) is 0 Å². The van der Waals surface area contributed by atoms with E-state index in [2.05, 4.69) is 52.0 Å². The normalized spacial score (nSPS) is 12.8. The van der Waals surface area contributed by atoms with Crippen LogP contribution in [0.1, 0.15) is 104 Å². The molecule has 0 spiro atoms. The molecule has 2 aromatic rings. The minimum absolute atomic E-state index is 0.0180. The largest absolute Gasteiger partial charge is 0.490 e. The number of unbranched alkanes of at least 4 members (excludes halogenated alkanes) is 2. The van der Waals surface area contributed by atoms with Gasteiger partial charge in [0, 0.05) is 5.41 Å². The summed E-state index contributed by atoms with van der Waals surface area (Å²) in [7, 11) is 0. The number of carbonyl (C=O) groups is 2. The summed E-state index contributed by atoms with van der Waals surface area (Å²) >= 11 is 0. The lowest BCUT2D eigenvalue weighted by Crippen LogP contribution is -2.20. The first-order chi connectivity index (χ1) is 19.8. The fourth-order valence-corrected chi connectivity index (χ4v) is 4.82. The molecule has 41 heavy (non-hydrogen) atoms. The Morgan fingerprint density at radius 1 is 0.610 bits per heavy atom. The fourth-order valence-electron chi connectivity index (χ4n) is 4.82. The van der Waals surface area contributed by atoms with Crippen LogP contribution in [0.4, 0.5) is 0 Å². The van der Waals surface area contributed by atoms with E-state index in [4.69, 9.17) is 18.9 Å². The maximum atomic E-state index is 12.3. The van der Waals surface area contributed by atoms with Crippen LogP contribution in [0.15, 0.2) is 48.5 Å².